The topological polar surface area (TPSA) is 41.9 Å². The number of halogens is 2. The Kier molecular flexibility index (Phi) is 5.54. The van der Waals surface area contributed by atoms with Gasteiger partial charge in [0.15, 0.2) is 5.11 Å². The summed E-state index contributed by atoms with van der Waals surface area (Å²) in [6.45, 7) is 4.53. The molecule has 7 heteroatoms. The van der Waals surface area contributed by atoms with Crippen molar-refractivity contribution in [1.82, 2.24) is 15.1 Å². The fourth-order valence-corrected chi connectivity index (χ4v) is 3.04. The zero-order chi connectivity index (χ0) is 18.7. The SMILES string of the molecule is Cc1nn(-c2ccccc2)c(C)c1CNC(=S)Nc1ccc(F)c(Cl)c1. The van der Waals surface area contributed by atoms with E-state index < -0.39 is 5.82 Å². The van der Waals surface area contributed by atoms with Crippen molar-refractivity contribution in [2.24, 2.45) is 0 Å². The van der Waals surface area contributed by atoms with Crippen LogP contribution in [0.25, 0.3) is 5.69 Å². The van der Waals surface area contributed by atoms with Crippen LogP contribution in [0.4, 0.5) is 10.1 Å². The fourth-order valence-electron chi connectivity index (χ4n) is 2.67. The van der Waals surface area contributed by atoms with Crippen molar-refractivity contribution in [3.63, 3.8) is 0 Å². The molecular formula is C19H18ClFN4S. The van der Waals surface area contributed by atoms with Crippen molar-refractivity contribution in [1.29, 1.82) is 0 Å². The number of para-hydroxylation sites is 1. The first-order chi connectivity index (χ1) is 12.5. The summed E-state index contributed by atoms with van der Waals surface area (Å²) in [5.41, 5.74) is 4.71. The Hall–Kier alpha value is -2.44. The second-order valence-electron chi connectivity index (χ2n) is 5.83. The molecule has 0 aliphatic carbocycles. The lowest BCUT2D eigenvalue weighted by atomic mass is 10.2. The van der Waals surface area contributed by atoms with Crippen molar-refractivity contribution >= 4 is 34.6 Å². The highest BCUT2D eigenvalue weighted by atomic mass is 35.5. The molecule has 2 aromatic carbocycles. The standard InChI is InChI=1S/C19H18ClFN4S/c1-12-16(13(2)25(24-12)15-6-4-3-5-7-15)11-22-19(26)23-14-8-9-18(21)17(20)10-14/h3-10H,11H2,1-2H3,(H2,22,23,26). The predicted octanol–water partition coefficient (Wildman–Crippen LogP) is 4.77. The van der Waals surface area contributed by atoms with Crippen molar-refractivity contribution < 1.29 is 4.39 Å². The molecule has 0 atom stereocenters. The Balaban J connectivity index is 1.69. The summed E-state index contributed by atoms with van der Waals surface area (Å²) in [6.07, 6.45) is 0. The average molecular weight is 389 g/mol. The third-order valence-corrected chi connectivity index (χ3v) is 4.58. The van der Waals surface area contributed by atoms with Gasteiger partial charge in [-0.15, -0.1) is 0 Å². The van der Waals surface area contributed by atoms with Crippen LogP contribution in [0.2, 0.25) is 5.02 Å². The molecule has 0 bridgehead atoms. The Morgan fingerprint density at radius 1 is 1.19 bits per heavy atom. The molecule has 0 spiro atoms. The van der Waals surface area contributed by atoms with Crippen molar-refractivity contribution in [2.45, 2.75) is 20.4 Å². The highest BCUT2D eigenvalue weighted by molar-refractivity contribution is 7.80. The Morgan fingerprint density at radius 3 is 2.62 bits per heavy atom. The molecule has 1 aromatic heterocycles. The lowest BCUT2D eigenvalue weighted by Crippen LogP contribution is -2.28. The lowest BCUT2D eigenvalue weighted by Gasteiger charge is -2.11. The number of aromatic nitrogens is 2. The molecular weight excluding hydrogens is 371 g/mol. The third kappa shape index (κ3) is 4.03. The molecule has 0 saturated heterocycles. The lowest BCUT2D eigenvalue weighted by molar-refractivity contribution is 0.628. The van der Waals surface area contributed by atoms with Gasteiger partial charge in [0.25, 0.3) is 0 Å². The van der Waals surface area contributed by atoms with E-state index in [2.05, 4.69) is 15.7 Å². The minimum Gasteiger partial charge on any atom is -0.358 e. The van der Waals surface area contributed by atoms with Crippen LogP contribution in [0, 0.1) is 19.7 Å². The zero-order valence-electron chi connectivity index (χ0n) is 14.4. The number of anilines is 1. The first-order valence-electron chi connectivity index (χ1n) is 8.06. The highest BCUT2D eigenvalue weighted by Crippen LogP contribution is 2.20. The van der Waals surface area contributed by atoms with Gasteiger partial charge < -0.3 is 10.6 Å². The molecule has 0 saturated carbocycles. The third-order valence-electron chi connectivity index (χ3n) is 4.05. The van der Waals surface area contributed by atoms with Crippen LogP contribution in [0.3, 0.4) is 0 Å². The number of rotatable bonds is 4. The quantitative estimate of drug-likeness (QED) is 0.632. The molecule has 0 amide bonds. The van der Waals surface area contributed by atoms with E-state index in [-0.39, 0.29) is 5.02 Å². The Labute approximate surface area is 162 Å². The van der Waals surface area contributed by atoms with Gasteiger partial charge in [-0.05, 0) is 56.4 Å². The number of hydrogen-bond donors (Lipinski definition) is 2. The predicted molar refractivity (Wildman–Crippen MR) is 108 cm³/mol. The van der Waals surface area contributed by atoms with Crippen molar-refractivity contribution in [3.05, 3.63) is 76.3 Å². The largest absolute Gasteiger partial charge is 0.358 e. The summed E-state index contributed by atoms with van der Waals surface area (Å²) in [6, 6.07) is 14.3. The molecule has 26 heavy (non-hydrogen) atoms. The molecule has 1 heterocycles. The molecule has 4 nitrogen and oxygen atoms in total. The van der Waals surface area contributed by atoms with Gasteiger partial charge in [-0.2, -0.15) is 5.10 Å². The van der Waals surface area contributed by atoms with Gasteiger partial charge in [-0.3, -0.25) is 0 Å². The van der Waals surface area contributed by atoms with Crippen LogP contribution in [0.15, 0.2) is 48.5 Å². The van der Waals surface area contributed by atoms with Crippen molar-refractivity contribution in [2.75, 3.05) is 5.32 Å². The summed E-state index contributed by atoms with van der Waals surface area (Å²) < 4.78 is 15.1. The van der Waals surface area contributed by atoms with Gasteiger partial charge in [-0.1, -0.05) is 29.8 Å². The second kappa shape index (κ2) is 7.85. The molecule has 0 unspecified atom stereocenters. The fraction of sp³-hybridized carbons (Fsp3) is 0.158. The minimum absolute atomic E-state index is 0.0497. The second-order valence-corrected chi connectivity index (χ2v) is 6.65. The van der Waals surface area contributed by atoms with Crippen molar-refractivity contribution in [3.8, 4) is 5.69 Å². The Morgan fingerprint density at radius 2 is 1.92 bits per heavy atom. The number of hydrogen-bond acceptors (Lipinski definition) is 2. The maximum absolute atomic E-state index is 13.2. The van der Waals surface area contributed by atoms with E-state index in [1.165, 1.54) is 12.1 Å². The van der Waals surface area contributed by atoms with E-state index in [0.29, 0.717) is 17.3 Å². The first kappa shape index (κ1) is 18.4. The van der Waals surface area contributed by atoms with Gasteiger partial charge in [0.1, 0.15) is 5.82 Å². The molecule has 0 fully saturated rings. The summed E-state index contributed by atoms with van der Waals surface area (Å²) in [4.78, 5) is 0. The van der Waals surface area contributed by atoms with Gasteiger partial charge >= 0.3 is 0 Å². The molecule has 0 aliphatic heterocycles. The summed E-state index contributed by atoms with van der Waals surface area (Å²) in [5.74, 6) is -0.462. The number of benzene rings is 2. The number of nitrogens with zero attached hydrogens (tertiary/aromatic N) is 2. The van der Waals surface area contributed by atoms with Gasteiger partial charge in [0, 0.05) is 23.5 Å². The summed E-state index contributed by atoms with van der Waals surface area (Å²) >= 11 is 11.1. The molecule has 0 aliphatic rings. The van der Waals surface area contributed by atoms with Crippen LogP contribution in [-0.2, 0) is 6.54 Å². The van der Waals surface area contributed by atoms with E-state index in [0.717, 1.165) is 22.6 Å². The van der Waals surface area contributed by atoms with Gasteiger partial charge in [-0.25, -0.2) is 9.07 Å². The number of thiocarbonyl (C=S) groups is 1. The average Bonchev–Trinajstić information content (AvgIpc) is 2.91. The maximum atomic E-state index is 13.2. The molecule has 3 rings (SSSR count). The zero-order valence-corrected chi connectivity index (χ0v) is 16.0. The molecule has 134 valence electrons. The molecule has 3 aromatic rings. The number of aryl methyl sites for hydroxylation is 1. The minimum atomic E-state index is -0.462. The van der Waals surface area contributed by atoms with Gasteiger partial charge in [0.2, 0.25) is 0 Å². The maximum Gasteiger partial charge on any atom is 0.171 e. The van der Waals surface area contributed by atoms with Crippen LogP contribution in [-0.4, -0.2) is 14.9 Å². The van der Waals surface area contributed by atoms with E-state index in [1.807, 2.05) is 48.9 Å². The molecule has 2 N–H and O–H groups in total. The smallest absolute Gasteiger partial charge is 0.171 e. The normalized spacial score (nSPS) is 10.6. The summed E-state index contributed by atoms with van der Waals surface area (Å²) in [5, 5.41) is 11.3. The van der Waals surface area contributed by atoms with Gasteiger partial charge in [0.05, 0.1) is 16.4 Å². The monoisotopic (exact) mass is 388 g/mol. The van der Waals surface area contributed by atoms with Crippen LogP contribution >= 0.6 is 23.8 Å². The Bertz CT molecular complexity index is 940. The summed E-state index contributed by atoms with van der Waals surface area (Å²) in [7, 11) is 0. The molecule has 0 radical (unpaired) electrons. The first-order valence-corrected chi connectivity index (χ1v) is 8.84. The van der Waals surface area contributed by atoms with E-state index >= 15 is 0 Å². The highest BCUT2D eigenvalue weighted by Gasteiger charge is 2.13. The van der Waals surface area contributed by atoms with Crippen LogP contribution in [0.5, 0.6) is 0 Å². The van der Waals surface area contributed by atoms with Crippen LogP contribution in [0.1, 0.15) is 17.0 Å². The van der Waals surface area contributed by atoms with Crippen LogP contribution < -0.4 is 10.6 Å². The van der Waals surface area contributed by atoms with E-state index in [9.17, 15) is 4.39 Å². The van der Waals surface area contributed by atoms with E-state index in [4.69, 9.17) is 23.8 Å². The number of nitrogens with one attached hydrogen (secondary N) is 2. The van der Waals surface area contributed by atoms with E-state index in [1.54, 1.807) is 6.07 Å².